The van der Waals surface area contributed by atoms with Gasteiger partial charge in [0.15, 0.2) is 0 Å². The molecule has 4 nitrogen and oxygen atoms in total. The normalized spacial score (nSPS) is 17.5. The number of nitrogens with two attached hydrogens (primary N) is 1. The molecule has 0 unspecified atom stereocenters. The van der Waals surface area contributed by atoms with Gasteiger partial charge in [-0.3, -0.25) is 4.99 Å². The van der Waals surface area contributed by atoms with Gasteiger partial charge >= 0.3 is 5.97 Å². The lowest BCUT2D eigenvalue weighted by Gasteiger charge is -1.95. The van der Waals surface area contributed by atoms with Gasteiger partial charge in [0.1, 0.15) is 0 Å². The van der Waals surface area contributed by atoms with Gasteiger partial charge in [0.25, 0.3) is 0 Å². The van der Waals surface area contributed by atoms with Gasteiger partial charge in [0.05, 0.1) is 12.6 Å². The molecule has 1 rings (SSSR count). The van der Waals surface area contributed by atoms with Crippen LogP contribution in [-0.2, 0) is 9.53 Å². The molecule has 1 aliphatic carbocycles. The van der Waals surface area contributed by atoms with Gasteiger partial charge in [-0.25, -0.2) is 4.79 Å². The van der Waals surface area contributed by atoms with Crippen molar-refractivity contribution < 1.29 is 9.53 Å². The molecule has 0 radical (unpaired) electrons. The Balaban J connectivity index is 2.41. The van der Waals surface area contributed by atoms with E-state index in [2.05, 4.69) is 4.99 Å². The second-order valence-corrected chi connectivity index (χ2v) is 3.26. The molecule has 4 heteroatoms. The lowest BCUT2D eigenvalue weighted by atomic mass is 10.3. The summed E-state index contributed by atoms with van der Waals surface area (Å²) in [5.74, 6) is -0.364. The average molecular weight is 208 g/mol. The quantitative estimate of drug-likeness (QED) is 0.319. The number of carbonyl (C=O) groups is 1. The summed E-state index contributed by atoms with van der Waals surface area (Å²) < 4.78 is 4.74. The van der Waals surface area contributed by atoms with Crippen molar-refractivity contribution in [3.63, 3.8) is 0 Å². The highest BCUT2D eigenvalue weighted by molar-refractivity contribution is 5.88. The number of carbonyl (C=O) groups excluding carboxylic acids is 1. The van der Waals surface area contributed by atoms with Crippen LogP contribution in [0.5, 0.6) is 0 Å². The summed E-state index contributed by atoms with van der Waals surface area (Å²) in [6, 6.07) is 0.455. The SMILES string of the molecule is CCOC(=O)/C=C/C(C=NC1CC1)=CN. The Kier molecular flexibility index (Phi) is 4.60. The molecule has 0 bridgehead atoms. The molecule has 0 aromatic heterocycles. The minimum absolute atomic E-state index is 0.364. The maximum absolute atomic E-state index is 11.0. The summed E-state index contributed by atoms with van der Waals surface area (Å²) in [5, 5.41) is 0. The van der Waals surface area contributed by atoms with Crippen LogP contribution in [0.25, 0.3) is 0 Å². The number of hydrogen-bond donors (Lipinski definition) is 1. The van der Waals surface area contributed by atoms with Crippen molar-refractivity contribution in [3.8, 4) is 0 Å². The summed E-state index contributed by atoms with van der Waals surface area (Å²) in [6.45, 7) is 2.14. The molecule has 15 heavy (non-hydrogen) atoms. The summed E-state index contributed by atoms with van der Waals surface area (Å²) in [4.78, 5) is 15.2. The molecule has 0 atom stereocenters. The summed E-state index contributed by atoms with van der Waals surface area (Å²) in [7, 11) is 0. The van der Waals surface area contributed by atoms with Crippen LogP contribution in [-0.4, -0.2) is 24.8 Å². The third kappa shape index (κ3) is 5.00. The number of aliphatic imine (C=N–C) groups is 1. The third-order valence-corrected chi connectivity index (χ3v) is 1.87. The van der Waals surface area contributed by atoms with Crippen LogP contribution < -0.4 is 5.73 Å². The molecule has 0 spiro atoms. The highest BCUT2D eigenvalue weighted by atomic mass is 16.5. The van der Waals surface area contributed by atoms with E-state index in [1.807, 2.05) is 0 Å². The number of esters is 1. The molecule has 82 valence electrons. The van der Waals surface area contributed by atoms with E-state index >= 15 is 0 Å². The number of rotatable bonds is 5. The van der Waals surface area contributed by atoms with Crippen molar-refractivity contribution in [2.24, 2.45) is 10.7 Å². The van der Waals surface area contributed by atoms with Crippen LogP contribution >= 0.6 is 0 Å². The highest BCUT2D eigenvalue weighted by Gasteiger charge is 2.18. The molecule has 1 fully saturated rings. The summed E-state index contributed by atoms with van der Waals surface area (Å²) in [5.41, 5.74) is 6.10. The van der Waals surface area contributed by atoms with E-state index in [1.165, 1.54) is 12.3 Å². The Morgan fingerprint density at radius 1 is 1.53 bits per heavy atom. The molecule has 1 saturated carbocycles. The van der Waals surface area contributed by atoms with Gasteiger partial charge in [0.2, 0.25) is 0 Å². The molecule has 2 N–H and O–H groups in total. The smallest absolute Gasteiger partial charge is 0.330 e. The molecule has 0 amide bonds. The fourth-order valence-electron chi connectivity index (χ4n) is 0.911. The molecular formula is C11H16N2O2. The monoisotopic (exact) mass is 208 g/mol. The van der Waals surface area contributed by atoms with E-state index in [1.54, 1.807) is 19.2 Å². The van der Waals surface area contributed by atoms with Crippen LogP contribution in [0.3, 0.4) is 0 Å². The lowest BCUT2D eigenvalue weighted by molar-refractivity contribution is -0.137. The first-order valence-electron chi connectivity index (χ1n) is 5.06. The first kappa shape index (κ1) is 11.5. The van der Waals surface area contributed by atoms with Crippen molar-refractivity contribution in [3.05, 3.63) is 23.9 Å². The van der Waals surface area contributed by atoms with E-state index in [0.29, 0.717) is 12.6 Å². The predicted octanol–water partition coefficient (Wildman–Crippen LogP) is 1.18. The van der Waals surface area contributed by atoms with Crippen molar-refractivity contribution in [2.45, 2.75) is 25.8 Å². The first-order valence-corrected chi connectivity index (χ1v) is 5.06. The molecule has 0 aromatic carbocycles. The van der Waals surface area contributed by atoms with Gasteiger partial charge in [-0.1, -0.05) is 0 Å². The van der Waals surface area contributed by atoms with Gasteiger partial charge in [-0.2, -0.15) is 0 Å². The highest BCUT2D eigenvalue weighted by Crippen LogP contribution is 2.23. The standard InChI is InChI=1S/C11H16N2O2/c1-2-15-11(14)6-3-9(7-12)8-13-10-4-5-10/h3,6-8,10H,2,4-5,12H2,1H3/b6-3+,9-7?,13-8?. The van der Waals surface area contributed by atoms with E-state index < -0.39 is 0 Å². The van der Waals surface area contributed by atoms with E-state index in [0.717, 1.165) is 18.4 Å². The minimum atomic E-state index is -0.364. The topological polar surface area (TPSA) is 64.7 Å². The second-order valence-electron chi connectivity index (χ2n) is 3.26. The third-order valence-electron chi connectivity index (χ3n) is 1.87. The zero-order valence-corrected chi connectivity index (χ0v) is 8.85. The summed E-state index contributed by atoms with van der Waals surface area (Å²) in [6.07, 6.45) is 8.35. The minimum Gasteiger partial charge on any atom is -0.463 e. The van der Waals surface area contributed by atoms with Gasteiger partial charge in [-0.05, 0) is 25.8 Å². The number of nitrogens with zero attached hydrogens (tertiary/aromatic N) is 1. The van der Waals surface area contributed by atoms with Crippen LogP contribution in [0.4, 0.5) is 0 Å². The Labute approximate surface area is 89.5 Å². The van der Waals surface area contributed by atoms with Crippen LogP contribution in [0.15, 0.2) is 28.9 Å². The fourth-order valence-corrected chi connectivity index (χ4v) is 0.911. The molecule has 0 aromatic rings. The molecule has 1 aliphatic rings. The molecular weight excluding hydrogens is 192 g/mol. The van der Waals surface area contributed by atoms with Crippen molar-refractivity contribution in [1.29, 1.82) is 0 Å². The lowest BCUT2D eigenvalue weighted by Crippen LogP contribution is -1.99. The second kappa shape index (κ2) is 6.01. The van der Waals surface area contributed by atoms with Crippen LogP contribution in [0.2, 0.25) is 0 Å². The average Bonchev–Trinajstić information content (AvgIpc) is 3.02. The molecule has 0 saturated heterocycles. The van der Waals surface area contributed by atoms with Crippen LogP contribution in [0.1, 0.15) is 19.8 Å². The van der Waals surface area contributed by atoms with Crippen LogP contribution in [0, 0.1) is 0 Å². The fraction of sp³-hybridized carbons (Fsp3) is 0.455. The number of allylic oxidation sites excluding steroid dienone is 2. The van der Waals surface area contributed by atoms with Gasteiger partial charge in [0, 0.05) is 24.1 Å². The van der Waals surface area contributed by atoms with E-state index in [9.17, 15) is 4.79 Å². The maximum Gasteiger partial charge on any atom is 0.330 e. The van der Waals surface area contributed by atoms with Crippen molar-refractivity contribution >= 4 is 12.2 Å². The van der Waals surface area contributed by atoms with Gasteiger partial charge < -0.3 is 10.5 Å². The zero-order chi connectivity index (χ0) is 11.1. The first-order chi connectivity index (χ1) is 7.26. The summed E-state index contributed by atoms with van der Waals surface area (Å²) >= 11 is 0. The van der Waals surface area contributed by atoms with Gasteiger partial charge in [-0.15, -0.1) is 0 Å². The molecule has 0 heterocycles. The molecule has 0 aliphatic heterocycles. The largest absolute Gasteiger partial charge is 0.463 e. The number of hydrogen-bond acceptors (Lipinski definition) is 4. The maximum atomic E-state index is 11.0. The Hall–Kier alpha value is -1.58. The Bertz CT molecular complexity index is 302. The zero-order valence-electron chi connectivity index (χ0n) is 8.85. The van der Waals surface area contributed by atoms with E-state index in [4.69, 9.17) is 10.5 Å². The van der Waals surface area contributed by atoms with E-state index in [-0.39, 0.29) is 5.97 Å². The number of ether oxygens (including phenoxy) is 1. The Morgan fingerprint density at radius 2 is 2.27 bits per heavy atom. The van der Waals surface area contributed by atoms with Crippen molar-refractivity contribution in [2.75, 3.05) is 6.61 Å². The predicted molar refractivity (Wildman–Crippen MR) is 59.6 cm³/mol. The van der Waals surface area contributed by atoms with Crippen molar-refractivity contribution in [1.82, 2.24) is 0 Å². The Morgan fingerprint density at radius 3 is 2.80 bits per heavy atom.